The quantitative estimate of drug-likeness (QED) is 0.582. The van der Waals surface area contributed by atoms with Gasteiger partial charge in [0.25, 0.3) is 0 Å². The number of nitrogens with zero attached hydrogens (tertiary/aromatic N) is 1. The van der Waals surface area contributed by atoms with Gasteiger partial charge >= 0.3 is 0 Å². The van der Waals surface area contributed by atoms with Gasteiger partial charge in [0.15, 0.2) is 0 Å². The van der Waals surface area contributed by atoms with Crippen LogP contribution in [0.3, 0.4) is 0 Å². The molecule has 0 saturated carbocycles. The van der Waals surface area contributed by atoms with Gasteiger partial charge in [0, 0.05) is 36.7 Å². The highest BCUT2D eigenvalue weighted by molar-refractivity contribution is 6.36. The predicted molar refractivity (Wildman–Crippen MR) is 103 cm³/mol. The van der Waals surface area contributed by atoms with Crippen molar-refractivity contribution < 1.29 is 9.47 Å². The molecule has 3 nitrogen and oxygen atoms in total. The van der Waals surface area contributed by atoms with E-state index in [1.165, 1.54) is 0 Å². The van der Waals surface area contributed by atoms with Crippen LogP contribution in [0.4, 0.5) is 5.69 Å². The highest BCUT2D eigenvalue weighted by atomic mass is 35.5. The second-order valence-electron chi connectivity index (χ2n) is 5.92. The van der Waals surface area contributed by atoms with Gasteiger partial charge in [-0.25, -0.2) is 0 Å². The summed E-state index contributed by atoms with van der Waals surface area (Å²) in [5.74, 6) is 0.641. The Labute approximate surface area is 157 Å². The van der Waals surface area contributed by atoms with E-state index in [2.05, 4.69) is 4.99 Å². The minimum atomic E-state index is -0.766. The summed E-state index contributed by atoms with van der Waals surface area (Å²) in [7, 11) is 0. The van der Waals surface area contributed by atoms with Crippen LogP contribution in [-0.4, -0.2) is 12.0 Å². The number of hydrogen-bond donors (Lipinski definition) is 0. The van der Waals surface area contributed by atoms with Crippen LogP contribution in [0.15, 0.2) is 71.4 Å². The number of benzene rings is 2. The molecule has 1 aliphatic rings. The van der Waals surface area contributed by atoms with E-state index in [4.69, 9.17) is 32.7 Å². The molecule has 0 spiro atoms. The molecule has 0 bridgehead atoms. The van der Waals surface area contributed by atoms with Crippen molar-refractivity contribution in [2.45, 2.75) is 19.6 Å². The molecular formula is C20H17Cl2NO2. The zero-order chi connectivity index (χ0) is 17.9. The molecule has 0 aliphatic carbocycles. The maximum absolute atomic E-state index is 6.12. The smallest absolute Gasteiger partial charge is 0.245 e. The molecule has 0 N–H and O–H groups in total. The summed E-state index contributed by atoms with van der Waals surface area (Å²) in [5, 5.41) is 1.07. The Bertz CT molecular complexity index is 855. The molecule has 3 rings (SSSR count). The van der Waals surface area contributed by atoms with Crippen LogP contribution >= 0.6 is 23.2 Å². The largest absolute Gasteiger partial charge is 0.453 e. The van der Waals surface area contributed by atoms with E-state index in [0.29, 0.717) is 21.5 Å². The SMILES string of the molecule is CC1(C)OC(c2ccccc2)=C/C(=C\C=Nc2ccc(Cl)cc2Cl)O1. The lowest BCUT2D eigenvalue weighted by molar-refractivity contribution is -0.149. The highest BCUT2D eigenvalue weighted by Crippen LogP contribution is 2.32. The molecule has 0 amide bonds. The zero-order valence-electron chi connectivity index (χ0n) is 13.9. The van der Waals surface area contributed by atoms with Crippen molar-refractivity contribution >= 4 is 40.9 Å². The van der Waals surface area contributed by atoms with E-state index in [1.54, 1.807) is 30.5 Å². The summed E-state index contributed by atoms with van der Waals surface area (Å²) >= 11 is 12.0. The van der Waals surface area contributed by atoms with Gasteiger partial charge in [-0.05, 0) is 24.3 Å². The van der Waals surface area contributed by atoms with Gasteiger partial charge in [-0.1, -0.05) is 53.5 Å². The van der Waals surface area contributed by atoms with E-state index in [1.807, 2.05) is 50.3 Å². The van der Waals surface area contributed by atoms with E-state index in [0.717, 1.165) is 11.3 Å². The number of rotatable bonds is 3. The lowest BCUT2D eigenvalue weighted by Gasteiger charge is -2.33. The lowest BCUT2D eigenvalue weighted by Crippen LogP contribution is -2.30. The van der Waals surface area contributed by atoms with Gasteiger partial charge in [-0.2, -0.15) is 0 Å². The average Bonchev–Trinajstić information content (AvgIpc) is 2.56. The Morgan fingerprint density at radius 3 is 2.48 bits per heavy atom. The summed E-state index contributed by atoms with van der Waals surface area (Å²) in [4.78, 5) is 4.34. The number of aliphatic imine (C=N–C) groups is 1. The van der Waals surface area contributed by atoms with Gasteiger partial charge in [-0.3, -0.25) is 4.99 Å². The monoisotopic (exact) mass is 373 g/mol. The first-order valence-corrected chi connectivity index (χ1v) is 8.53. The first kappa shape index (κ1) is 17.6. The molecule has 0 fully saturated rings. The molecule has 0 aromatic heterocycles. The maximum atomic E-state index is 6.12. The van der Waals surface area contributed by atoms with Crippen LogP contribution in [0.1, 0.15) is 19.4 Å². The second-order valence-corrected chi connectivity index (χ2v) is 6.77. The Morgan fingerprint density at radius 2 is 1.76 bits per heavy atom. The fraction of sp³-hybridized carbons (Fsp3) is 0.150. The fourth-order valence-electron chi connectivity index (χ4n) is 2.36. The number of allylic oxidation sites excluding steroid dienone is 2. The Kier molecular flexibility index (Phi) is 5.16. The summed E-state index contributed by atoms with van der Waals surface area (Å²) in [6.07, 6.45) is 5.26. The van der Waals surface area contributed by atoms with E-state index in [9.17, 15) is 0 Å². The van der Waals surface area contributed by atoms with Crippen LogP contribution in [0.25, 0.3) is 5.76 Å². The first-order valence-electron chi connectivity index (χ1n) is 7.77. The minimum Gasteiger partial charge on any atom is -0.453 e. The van der Waals surface area contributed by atoms with Crippen molar-refractivity contribution in [1.82, 2.24) is 0 Å². The Morgan fingerprint density at radius 1 is 1.00 bits per heavy atom. The van der Waals surface area contributed by atoms with Crippen LogP contribution in [0, 0.1) is 0 Å². The Balaban J connectivity index is 1.86. The highest BCUT2D eigenvalue weighted by Gasteiger charge is 2.28. The molecular weight excluding hydrogens is 357 g/mol. The molecule has 0 saturated heterocycles. The second kappa shape index (κ2) is 7.34. The standard InChI is InChI=1S/C20H17Cl2NO2/c1-20(2)24-16(13-19(25-20)14-6-4-3-5-7-14)10-11-23-18-9-8-15(21)12-17(18)22/h3-13H,1-2H3/b16-10+,23-11?. The summed E-state index contributed by atoms with van der Waals surface area (Å²) in [6.45, 7) is 3.73. The third kappa shape index (κ3) is 4.65. The molecule has 5 heteroatoms. The predicted octanol–water partition coefficient (Wildman–Crippen LogP) is 6.40. The first-order chi connectivity index (χ1) is 11.9. The van der Waals surface area contributed by atoms with E-state index in [-0.39, 0.29) is 0 Å². The number of halogens is 2. The van der Waals surface area contributed by atoms with Crippen molar-refractivity contribution in [3.8, 4) is 0 Å². The maximum Gasteiger partial charge on any atom is 0.245 e. The van der Waals surface area contributed by atoms with Crippen molar-refractivity contribution in [2.24, 2.45) is 4.99 Å². The third-order valence-corrected chi connectivity index (χ3v) is 3.95. The molecule has 25 heavy (non-hydrogen) atoms. The van der Waals surface area contributed by atoms with Gasteiger partial charge in [0.05, 0.1) is 10.7 Å². The molecule has 1 heterocycles. The topological polar surface area (TPSA) is 30.8 Å². The normalized spacial score (nSPS) is 17.9. The number of hydrogen-bond acceptors (Lipinski definition) is 3. The molecule has 1 aliphatic heterocycles. The van der Waals surface area contributed by atoms with Crippen molar-refractivity contribution in [3.05, 3.63) is 82.1 Å². The molecule has 2 aromatic rings. The Hall–Kier alpha value is -2.23. The van der Waals surface area contributed by atoms with Crippen LogP contribution in [0.5, 0.6) is 0 Å². The van der Waals surface area contributed by atoms with Gasteiger partial charge < -0.3 is 9.47 Å². The molecule has 2 aromatic carbocycles. The van der Waals surface area contributed by atoms with Gasteiger partial charge in [0.2, 0.25) is 5.79 Å². The fourth-order valence-corrected chi connectivity index (χ4v) is 2.82. The van der Waals surface area contributed by atoms with Crippen molar-refractivity contribution in [1.29, 1.82) is 0 Å². The van der Waals surface area contributed by atoms with Gasteiger partial charge in [-0.15, -0.1) is 0 Å². The molecule has 0 radical (unpaired) electrons. The average molecular weight is 374 g/mol. The zero-order valence-corrected chi connectivity index (χ0v) is 15.4. The van der Waals surface area contributed by atoms with Crippen LogP contribution in [-0.2, 0) is 9.47 Å². The summed E-state index contributed by atoms with van der Waals surface area (Å²) in [6, 6.07) is 15.1. The van der Waals surface area contributed by atoms with Crippen LogP contribution < -0.4 is 0 Å². The van der Waals surface area contributed by atoms with E-state index < -0.39 is 5.79 Å². The molecule has 128 valence electrons. The van der Waals surface area contributed by atoms with Crippen molar-refractivity contribution in [3.63, 3.8) is 0 Å². The molecule has 0 atom stereocenters. The van der Waals surface area contributed by atoms with Crippen molar-refractivity contribution in [2.75, 3.05) is 0 Å². The summed E-state index contributed by atoms with van der Waals surface area (Å²) in [5.41, 5.74) is 1.63. The third-order valence-electron chi connectivity index (χ3n) is 3.41. The van der Waals surface area contributed by atoms with Crippen LogP contribution in [0.2, 0.25) is 10.0 Å². The minimum absolute atomic E-state index is 0.496. The molecule has 0 unspecified atom stereocenters. The summed E-state index contributed by atoms with van der Waals surface area (Å²) < 4.78 is 11.7. The van der Waals surface area contributed by atoms with Gasteiger partial charge in [0.1, 0.15) is 11.5 Å². The lowest BCUT2D eigenvalue weighted by atomic mass is 10.1. The van der Waals surface area contributed by atoms with E-state index >= 15 is 0 Å². The number of ether oxygens (including phenoxy) is 2.